The third-order valence-electron chi connectivity index (χ3n) is 2.42. The zero-order chi connectivity index (χ0) is 10.6. The number of aromatic nitrogens is 2. The van der Waals surface area contributed by atoms with Gasteiger partial charge in [-0.25, -0.2) is 0 Å². The lowest BCUT2D eigenvalue weighted by atomic mass is 10.2. The van der Waals surface area contributed by atoms with Crippen molar-refractivity contribution in [3.63, 3.8) is 0 Å². The summed E-state index contributed by atoms with van der Waals surface area (Å²) in [5, 5.41) is 11.3. The second-order valence-electron chi connectivity index (χ2n) is 3.59. The van der Waals surface area contributed by atoms with Gasteiger partial charge in [0.05, 0.1) is 5.69 Å². The molecule has 0 radical (unpaired) electrons. The van der Waals surface area contributed by atoms with E-state index >= 15 is 0 Å². The Balaban J connectivity index is 2.38. The molecule has 1 aromatic heterocycles. The van der Waals surface area contributed by atoms with Crippen LogP contribution in [0.3, 0.4) is 0 Å². The lowest BCUT2D eigenvalue weighted by Gasteiger charge is -2.09. The molecule has 1 rings (SSSR count). The van der Waals surface area contributed by atoms with Crippen LogP contribution in [0.1, 0.15) is 23.9 Å². The van der Waals surface area contributed by atoms with Crippen molar-refractivity contribution in [2.24, 2.45) is 0 Å². The topological polar surface area (TPSA) is 40.7 Å². The van der Waals surface area contributed by atoms with E-state index in [4.69, 9.17) is 0 Å². The van der Waals surface area contributed by atoms with Crippen molar-refractivity contribution in [3.05, 3.63) is 17.0 Å². The third kappa shape index (κ3) is 3.03. The Bertz CT molecular complexity index is 263. The molecule has 0 aliphatic rings. The molecule has 1 atom stereocenters. The minimum absolute atomic E-state index is 0.669. The normalized spacial score (nSPS) is 13.1. The largest absolute Gasteiger partial charge is 0.311 e. The summed E-state index contributed by atoms with van der Waals surface area (Å²) in [5.41, 5.74) is 3.58. The Kier molecular flexibility index (Phi) is 4.48. The summed E-state index contributed by atoms with van der Waals surface area (Å²) in [5.74, 6) is 0. The Morgan fingerprint density at radius 3 is 2.71 bits per heavy atom. The predicted octanol–water partition coefficient (Wildman–Crippen LogP) is 1.87. The number of nitrogens with zero attached hydrogens (tertiary/aromatic N) is 1. The number of hydrogen-bond acceptors (Lipinski definition) is 3. The summed E-state index contributed by atoms with van der Waals surface area (Å²) in [7, 11) is 0. The smallest absolute Gasteiger partial charge is 0.0638 e. The van der Waals surface area contributed by atoms with Crippen molar-refractivity contribution >= 4 is 11.8 Å². The van der Waals surface area contributed by atoms with E-state index in [0.717, 1.165) is 18.8 Å². The highest BCUT2D eigenvalue weighted by Gasteiger charge is 2.05. The molecule has 3 nitrogen and oxygen atoms in total. The Labute approximate surface area is 90.1 Å². The number of hydrogen-bond donors (Lipinski definition) is 2. The van der Waals surface area contributed by atoms with Crippen molar-refractivity contribution in [3.8, 4) is 0 Å². The molecule has 0 amide bonds. The first kappa shape index (κ1) is 11.6. The van der Waals surface area contributed by atoms with Gasteiger partial charge in [-0.2, -0.15) is 16.9 Å². The van der Waals surface area contributed by atoms with Gasteiger partial charge < -0.3 is 5.32 Å². The van der Waals surface area contributed by atoms with Crippen LogP contribution < -0.4 is 5.32 Å². The second-order valence-corrected chi connectivity index (χ2v) is 4.87. The minimum atomic E-state index is 0.669. The van der Waals surface area contributed by atoms with Crippen LogP contribution in [-0.2, 0) is 6.54 Å². The molecule has 1 aromatic rings. The highest BCUT2D eigenvalue weighted by molar-refractivity contribution is 7.99. The average molecular weight is 213 g/mol. The van der Waals surface area contributed by atoms with E-state index in [-0.39, 0.29) is 0 Å². The molecular formula is C10H19N3S. The molecular weight excluding hydrogens is 194 g/mol. The van der Waals surface area contributed by atoms with E-state index in [2.05, 4.69) is 35.6 Å². The van der Waals surface area contributed by atoms with Gasteiger partial charge >= 0.3 is 0 Å². The van der Waals surface area contributed by atoms with Gasteiger partial charge in [-0.15, -0.1) is 0 Å². The minimum Gasteiger partial charge on any atom is -0.311 e. The molecule has 0 aliphatic heterocycles. The number of nitrogens with one attached hydrogen (secondary N) is 2. The Morgan fingerprint density at radius 1 is 1.50 bits per heavy atom. The summed E-state index contributed by atoms with van der Waals surface area (Å²) in [4.78, 5) is 0. The van der Waals surface area contributed by atoms with Crippen molar-refractivity contribution in [2.45, 2.75) is 32.6 Å². The highest BCUT2D eigenvalue weighted by atomic mass is 32.2. The van der Waals surface area contributed by atoms with Crippen LogP contribution in [0, 0.1) is 13.8 Å². The van der Waals surface area contributed by atoms with E-state index in [1.165, 1.54) is 11.3 Å². The summed E-state index contributed by atoms with van der Waals surface area (Å²) in [6, 6.07) is 0. The lowest BCUT2D eigenvalue weighted by molar-refractivity contribution is 0.680. The predicted molar refractivity (Wildman–Crippen MR) is 62.7 cm³/mol. The van der Waals surface area contributed by atoms with Gasteiger partial charge in [0.2, 0.25) is 0 Å². The summed E-state index contributed by atoms with van der Waals surface area (Å²) in [6.45, 7) is 8.30. The van der Waals surface area contributed by atoms with Gasteiger partial charge in [0.1, 0.15) is 0 Å². The van der Waals surface area contributed by atoms with Crippen LogP contribution in [0.2, 0.25) is 0 Å². The molecule has 80 valence electrons. The Morgan fingerprint density at radius 2 is 2.21 bits per heavy atom. The molecule has 2 N–H and O–H groups in total. The van der Waals surface area contributed by atoms with E-state index in [1.54, 1.807) is 0 Å². The fourth-order valence-corrected chi connectivity index (χ4v) is 1.60. The number of aryl methyl sites for hydroxylation is 2. The number of H-pyrrole nitrogens is 1. The van der Waals surface area contributed by atoms with Crippen molar-refractivity contribution in [2.75, 3.05) is 12.8 Å². The maximum atomic E-state index is 4.16. The van der Waals surface area contributed by atoms with Crippen molar-refractivity contribution < 1.29 is 0 Å². The van der Waals surface area contributed by atoms with E-state index in [9.17, 15) is 0 Å². The second kappa shape index (κ2) is 5.41. The van der Waals surface area contributed by atoms with Crippen LogP contribution in [0.4, 0.5) is 0 Å². The number of thioether (sulfide) groups is 1. The zero-order valence-electron chi connectivity index (χ0n) is 9.35. The van der Waals surface area contributed by atoms with E-state index < -0.39 is 0 Å². The maximum Gasteiger partial charge on any atom is 0.0638 e. The maximum absolute atomic E-state index is 4.16. The van der Waals surface area contributed by atoms with Crippen LogP contribution in [-0.4, -0.2) is 28.2 Å². The molecule has 0 saturated carbocycles. The van der Waals surface area contributed by atoms with Crippen molar-refractivity contribution in [1.29, 1.82) is 0 Å². The van der Waals surface area contributed by atoms with Gasteiger partial charge in [-0.05, 0) is 20.1 Å². The summed E-state index contributed by atoms with van der Waals surface area (Å²) >= 11 is 1.88. The molecule has 4 heteroatoms. The average Bonchev–Trinajstić information content (AvgIpc) is 2.48. The fourth-order valence-electron chi connectivity index (χ4n) is 1.32. The quantitative estimate of drug-likeness (QED) is 0.784. The molecule has 1 unspecified atom stereocenters. The molecule has 0 fully saturated rings. The SMILES string of the molecule is CSC(C)CNCc1c(C)n[nH]c1C. The molecule has 1 heterocycles. The summed E-state index contributed by atoms with van der Waals surface area (Å²) in [6.07, 6.45) is 2.14. The van der Waals surface area contributed by atoms with Gasteiger partial charge in [0, 0.05) is 29.6 Å². The molecule has 0 spiro atoms. The van der Waals surface area contributed by atoms with E-state index in [1.807, 2.05) is 18.7 Å². The Hall–Kier alpha value is -0.480. The zero-order valence-corrected chi connectivity index (χ0v) is 10.2. The first-order valence-electron chi connectivity index (χ1n) is 4.89. The molecule has 14 heavy (non-hydrogen) atoms. The molecule has 0 bridgehead atoms. The van der Waals surface area contributed by atoms with Gasteiger partial charge in [-0.3, -0.25) is 5.10 Å². The van der Waals surface area contributed by atoms with Crippen LogP contribution in [0.25, 0.3) is 0 Å². The standard InChI is InChI=1S/C10H19N3S/c1-7(14-4)5-11-6-10-8(2)12-13-9(10)3/h7,11H,5-6H2,1-4H3,(H,12,13). The van der Waals surface area contributed by atoms with Gasteiger partial charge in [0.25, 0.3) is 0 Å². The van der Waals surface area contributed by atoms with Crippen LogP contribution in [0.15, 0.2) is 0 Å². The molecule has 0 aromatic carbocycles. The van der Waals surface area contributed by atoms with Crippen LogP contribution in [0.5, 0.6) is 0 Å². The van der Waals surface area contributed by atoms with Gasteiger partial charge in [0.15, 0.2) is 0 Å². The molecule has 0 saturated heterocycles. The first-order valence-corrected chi connectivity index (χ1v) is 6.18. The number of aromatic amines is 1. The monoisotopic (exact) mass is 213 g/mol. The molecule has 0 aliphatic carbocycles. The number of rotatable bonds is 5. The third-order valence-corrected chi connectivity index (χ3v) is 3.39. The van der Waals surface area contributed by atoms with Crippen molar-refractivity contribution in [1.82, 2.24) is 15.5 Å². The first-order chi connectivity index (χ1) is 6.65. The van der Waals surface area contributed by atoms with Crippen LogP contribution >= 0.6 is 11.8 Å². The van der Waals surface area contributed by atoms with Gasteiger partial charge in [-0.1, -0.05) is 6.92 Å². The fraction of sp³-hybridized carbons (Fsp3) is 0.700. The summed E-state index contributed by atoms with van der Waals surface area (Å²) < 4.78 is 0. The van der Waals surface area contributed by atoms with E-state index in [0.29, 0.717) is 5.25 Å². The lowest BCUT2D eigenvalue weighted by Crippen LogP contribution is -2.22. The highest BCUT2D eigenvalue weighted by Crippen LogP contribution is 2.09.